The predicted octanol–water partition coefficient (Wildman–Crippen LogP) is 2.80. The van der Waals surface area contributed by atoms with Crippen LogP contribution in [0.4, 0.5) is 0 Å². The Morgan fingerprint density at radius 1 is 1.12 bits per heavy atom. The highest BCUT2D eigenvalue weighted by Crippen LogP contribution is 2.20. The molecule has 0 fully saturated rings. The number of carbonyl (C=O) groups excluding carboxylic acids is 1. The normalized spacial score (nSPS) is 13.2. The molecule has 2 atom stereocenters. The second-order valence-corrected chi connectivity index (χ2v) is 6.04. The Morgan fingerprint density at radius 3 is 2.44 bits per heavy atom. The molecule has 1 heterocycles. The summed E-state index contributed by atoms with van der Waals surface area (Å²) in [5.41, 5.74) is 3.06. The van der Waals surface area contributed by atoms with E-state index in [1.165, 1.54) is 6.20 Å². The quantitative estimate of drug-likeness (QED) is 0.648. The minimum Gasteiger partial charge on any atom is -0.391 e. The van der Waals surface area contributed by atoms with Gasteiger partial charge in [0, 0.05) is 12.0 Å². The third-order valence-corrected chi connectivity index (χ3v) is 4.17. The van der Waals surface area contributed by atoms with Crippen LogP contribution in [0.1, 0.15) is 22.8 Å². The van der Waals surface area contributed by atoms with Crippen LogP contribution in [0.5, 0.6) is 0 Å². The van der Waals surface area contributed by atoms with Gasteiger partial charge in [-0.2, -0.15) is 5.10 Å². The van der Waals surface area contributed by atoms with Crippen molar-refractivity contribution in [1.29, 1.82) is 0 Å². The van der Waals surface area contributed by atoms with Gasteiger partial charge in [-0.1, -0.05) is 60.7 Å². The lowest BCUT2D eigenvalue weighted by atomic mass is 10.0. The van der Waals surface area contributed by atoms with E-state index in [9.17, 15) is 9.90 Å². The van der Waals surface area contributed by atoms with Gasteiger partial charge < -0.3 is 10.4 Å². The van der Waals surface area contributed by atoms with Gasteiger partial charge in [0.15, 0.2) is 0 Å². The lowest BCUT2D eigenvalue weighted by Crippen LogP contribution is -2.42. The van der Waals surface area contributed by atoms with Crippen LogP contribution in [0, 0.1) is 0 Å². The Balaban J connectivity index is 1.67. The molecule has 0 bridgehead atoms. The van der Waals surface area contributed by atoms with Crippen molar-refractivity contribution in [2.75, 3.05) is 0 Å². The maximum atomic E-state index is 12.6. The van der Waals surface area contributed by atoms with Gasteiger partial charge in [0.25, 0.3) is 5.91 Å². The summed E-state index contributed by atoms with van der Waals surface area (Å²) in [7, 11) is 0. The van der Waals surface area contributed by atoms with Crippen LogP contribution < -0.4 is 5.32 Å². The zero-order valence-corrected chi connectivity index (χ0v) is 14.0. The van der Waals surface area contributed by atoms with Crippen LogP contribution in [0.15, 0.2) is 66.9 Å². The van der Waals surface area contributed by atoms with Crippen molar-refractivity contribution in [1.82, 2.24) is 15.5 Å². The monoisotopic (exact) mass is 335 g/mol. The van der Waals surface area contributed by atoms with Gasteiger partial charge in [0.05, 0.1) is 29.6 Å². The number of rotatable bonds is 6. The number of hydrogen-bond acceptors (Lipinski definition) is 3. The van der Waals surface area contributed by atoms with Crippen molar-refractivity contribution in [2.45, 2.75) is 25.5 Å². The van der Waals surface area contributed by atoms with E-state index >= 15 is 0 Å². The van der Waals surface area contributed by atoms with Gasteiger partial charge in [0.1, 0.15) is 0 Å². The average molecular weight is 335 g/mol. The van der Waals surface area contributed by atoms with Crippen molar-refractivity contribution in [3.8, 4) is 11.3 Å². The molecule has 5 nitrogen and oxygen atoms in total. The molecule has 0 aliphatic heterocycles. The van der Waals surface area contributed by atoms with Crippen LogP contribution in [0.2, 0.25) is 0 Å². The van der Waals surface area contributed by atoms with Crippen molar-refractivity contribution < 1.29 is 9.90 Å². The summed E-state index contributed by atoms with van der Waals surface area (Å²) in [6.45, 7) is 1.80. The van der Waals surface area contributed by atoms with Gasteiger partial charge in [-0.05, 0) is 12.5 Å². The third-order valence-electron chi connectivity index (χ3n) is 4.17. The minimum atomic E-state index is -0.668. The number of hydrogen-bond donors (Lipinski definition) is 3. The Hall–Kier alpha value is -2.92. The summed E-state index contributed by atoms with van der Waals surface area (Å²) in [4.78, 5) is 12.6. The number of aliphatic hydroxyl groups is 1. The summed E-state index contributed by atoms with van der Waals surface area (Å²) in [6, 6.07) is 18.9. The van der Waals surface area contributed by atoms with E-state index < -0.39 is 6.10 Å². The molecule has 3 aromatic rings. The van der Waals surface area contributed by atoms with E-state index in [1.54, 1.807) is 6.92 Å². The molecule has 3 N–H and O–H groups in total. The zero-order chi connectivity index (χ0) is 17.6. The molecule has 0 saturated heterocycles. The summed E-state index contributed by atoms with van der Waals surface area (Å²) in [6.07, 6.45) is 1.33. The largest absolute Gasteiger partial charge is 0.391 e. The Kier molecular flexibility index (Phi) is 5.26. The molecule has 1 aromatic heterocycles. The number of benzene rings is 2. The summed E-state index contributed by atoms with van der Waals surface area (Å²) < 4.78 is 0. The fourth-order valence-corrected chi connectivity index (χ4v) is 2.70. The topological polar surface area (TPSA) is 78.0 Å². The van der Waals surface area contributed by atoms with Crippen LogP contribution in [0.25, 0.3) is 11.3 Å². The first-order chi connectivity index (χ1) is 12.1. The van der Waals surface area contributed by atoms with Gasteiger partial charge in [-0.25, -0.2) is 0 Å². The highest BCUT2D eigenvalue weighted by atomic mass is 16.3. The van der Waals surface area contributed by atoms with E-state index in [0.29, 0.717) is 17.7 Å². The van der Waals surface area contributed by atoms with Gasteiger partial charge in [0.2, 0.25) is 0 Å². The first kappa shape index (κ1) is 16.9. The number of amides is 1. The smallest absolute Gasteiger partial charge is 0.255 e. The molecule has 0 aliphatic carbocycles. The van der Waals surface area contributed by atoms with Crippen LogP contribution in [-0.2, 0) is 6.42 Å². The fourth-order valence-electron chi connectivity index (χ4n) is 2.70. The first-order valence-corrected chi connectivity index (χ1v) is 8.27. The lowest BCUT2D eigenvalue weighted by Gasteiger charge is -2.20. The predicted molar refractivity (Wildman–Crippen MR) is 97.1 cm³/mol. The molecule has 1 amide bonds. The number of nitrogens with zero attached hydrogens (tertiary/aromatic N) is 1. The van der Waals surface area contributed by atoms with Crippen molar-refractivity contribution in [3.63, 3.8) is 0 Å². The Labute approximate surface area is 146 Å². The maximum absolute atomic E-state index is 12.6. The van der Waals surface area contributed by atoms with E-state index in [0.717, 1.165) is 11.1 Å². The molecular weight excluding hydrogens is 314 g/mol. The lowest BCUT2D eigenvalue weighted by molar-refractivity contribution is 0.0852. The summed E-state index contributed by atoms with van der Waals surface area (Å²) in [5, 5.41) is 20.1. The van der Waals surface area contributed by atoms with Crippen molar-refractivity contribution in [3.05, 3.63) is 78.0 Å². The highest BCUT2D eigenvalue weighted by Gasteiger charge is 2.21. The number of aromatic amines is 1. The van der Waals surface area contributed by atoms with Crippen molar-refractivity contribution >= 4 is 5.91 Å². The van der Waals surface area contributed by atoms with Crippen LogP contribution in [0.3, 0.4) is 0 Å². The number of aromatic nitrogens is 2. The van der Waals surface area contributed by atoms with Gasteiger partial charge >= 0.3 is 0 Å². The molecule has 0 aliphatic rings. The second-order valence-electron chi connectivity index (χ2n) is 6.04. The Bertz CT molecular complexity index is 815. The second kappa shape index (κ2) is 7.77. The molecule has 0 radical (unpaired) electrons. The third kappa shape index (κ3) is 4.14. The standard InChI is InChI=1S/C20H21N3O2/c1-14(18(24)12-15-8-4-2-5-9-15)22-20(25)17-13-21-23-19(17)16-10-6-3-7-11-16/h2-11,13-14,18,24H,12H2,1H3,(H,21,23)(H,22,25). The number of nitrogens with one attached hydrogen (secondary N) is 2. The molecule has 25 heavy (non-hydrogen) atoms. The highest BCUT2D eigenvalue weighted by molar-refractivity contribution is 5.99. The van der Waals surface area contributed by atoms with E-state index in [1.807, 2.05) is 60.7 Å². The zero-order valence-electron chi connectivity index (χ0n) is 14.0. The number of aliphatic hydroxyl groups excluding tert-OH is 1. The summed E-state index contributed by atoms with van der Waals surface area (Å²) >= 11 is 0. The van der Waals surface area contributed by atoms with E-state index in [2.05, 4.69) is 15.5 Å². The van der Waals surface area contributed by atoms with E-state index in [-0.39, 0.29) is 11.9 Å². The molecule has 3 rings (SSSR count). The van der Waals surface area contributed by atoms with Crippen LogP contribution in [-0.4, -0.2) is 33.4 Å². The molecule has 0 spiro atoms. The minimum absolute atomic E-state index is 0.257. The molecule has 2 aromatic carbocycles. The molecule has 5 heteroatoms. The van der Waals surface area contributed by atoms with E-state index in [4.69, 9.17) is 0 Å². The van der Waals surface area contributed by atoms with Crippen LogP contribution >= 0.6 is 0 Å². The molecule has 2 unspecified atom stereocenters. The average Bonchev–Trinajstić information content (AvgIpc) is 3.13. The van der Waals surface area contributed by atoms with Crippen molar-refractivity contribution in [2.24, 2.45) is 0 Å². The number of H-pyrrole nitrogens is 1. The number of carbonyl (C=O) groups is 1. The molecule has 0 saturated carbocycles. The van der Waals surface area contributed by atoms with Gasteiger partial charge in [-0.15, -0.1) is 0 Å². The summed E-state index contributed by atoms with van der Waals surface area (Å²) in [5.74, 6) is -0.257. The fraction of sp³-hybridized carbons (Fsp3) is 0.200. The molecule has 128 valence electrons. The van der Waals surface area contributed by atoms with Gasteiger partial charge in [-0.3, -0.25) is 9.89 Å². The first-order valence-electron chi connectivity index (χ1n) is 8.27. The molecular formula is C20H21N3O2. The maximum Gasteiger partial charge on any atom is 0.255 e. The SMILES string of the molecule is CC(NC(=O)c1cn[nH]c1-c1ccccc1)C(O)Cc1ccccc1. The Morgan fingerprint density at radius 2 is 1.76 bits per heavy atom.